The first-order valence-corrected chi connectivity index (χ1v) is 17.4. The number of rotatable bonds is 18. The van der Waals surface area contributed by atoms with E-state index in [1.54, 1.807) is 0 Å². The molecule has 1 amide bonds. The molecule has 0 unspecified atom stereocenters. The molecule has 1 aliphatic heterocycles. The van der Waals surface area contributed by atoms with Gasteiger partial charge in [-0.3, -0.25) is 24.8 Å². The number of unbranched alkanes of at least 4 members (excludes halogenated alkanes) is 4. The molecule has 0 N–H and O–H groups in total. The van der Waals surface area contributed by atoms with Gasteiger partial charge in [0.2, 0.25) is 0 Å². The van der Waals surface area contributed by atoms with E-state index in [4.69, 9.17) is 0 Å². The monoisotopic (exact) mass is 652 g/mol. The minimum Gasteiger partial charge on any atom is -0.746 e. The standard InChI is InChI=1S/C16H17N3O8S.C16H36N/c1-9(2)13(16(21)27-3)18-14(20)12(15(18)28(24,25)26)17-8-10-4-6-11(7-5-10)19(22)23;1-5-9-13-17(14-10-6-2,15-11-7-3)16-12-8-4/h4-8,12,15H,1-3H3,(H,24,25,26);5-16H2,1-4H3/q;+1/p-1/t12-,15+;/m0./s1. The zero-order valence-electron chi connectivity index (χ0n) is 28.0. The number of amides is 1. The molecule has 0 aliphatic carbocycles. The average molecular weight is 653 g/mol. The minimum atomic E-state index is -5.03. The highest BCUT2D eigenvalue weighted by Gasteiger charge is 2.54. The Morgan fingerprint density at radius 3 is 1.73 bits per heavy atom. The number of hydrogen-bond donors (Lipinski definition) is 0. The van der Waals surface area contributed by atoms with Gasteiger partial charge in [-0.25, -0.2) is 13.2 Å². The van der Waals surface area contributed by atoms with E-state index in [0.717, 1.165) is 13.3 Å². The van der Waals surface area contributed by atoms with Crippen molar-refractivity contribution in [2.75, 3.05) is 33.3 Å². The van der Waals surface area contributed by atoms with Crippen LogP contribution >= 0.6 is 0 Å². The lowest BCUT2D eigenvalue weighted by Crippen LogP contribution is -2.67. The van der Waals surface area contributed by atoms with Crippen LogP contribution < -0.4 is 0 Å². The van der Waals surface area contributed by atoms with Crippen molar-refractivity contribution in [3.63, 3.8) is 0 Å². The summed E-state index contributed by atoms with van der Waals surface area (Å²) < 4.78 is 41.0. The van der Waals surface area contributed by atoms with Crippen LogP contribution in [0.2, 0.25) is 0 Å². The normalized spacial score (nSPS) is 16.5. The summed E-state index contributed by atoms with van der Waals surface area (Å²) in [5.41, 5.74) is 0.147. The second kappa shape index (κ2) is 19.4. The van der Waals surface area contributed by atoms with Gasteiger partial charge in [0.15, 0.2) is 11.4 Å². The van der Waals surface area contributed by atoms with Crippen molar-refractivity contribution in [3.05, 3.63) is 51.2 Å². The number of nitro groups is 1. The Morgan fingerprint density at radius 1 is 0.956 bits per heavy atom. The Hall–Kier alpha value is -3.16. The summed E-state index contributed by atoms with van der Waals surface area (Å²) in [4.78, 5) is 38.8. The molecule has 0 aromatic heterocycles. The molecular weight excluding hydrogens is 600 g/mol. The van der Waals surface area contributed by atoms with Gasteiger partial charge in [0, 0.05) is 18.3 Å². The Balaban J connectivity index is 0.000000512. The van der Waals surface area contributed by atoms with Gasteiger partial charge in [0.05, 0.1) is 38.2 Å². The molecule has 13 heteroatoms. The first-order valence-electron chi connectivity index (χ1n) is 15.9. The van der Waals surface area contributed by atoms with Gasteiger partial charge in [-0.2, -0.15) is 0 Å². The van der Waals surface area contributed by atoms with Crippen LogP contribution in [0.4, 0.5) is 5.69 Å². The largest absolute Gasteiger partial charge is 0.746 e. The van der Waals surface area contributed by atoms with Crippen LogP contribution in [0.25, 0.3) is 0 Å². The maximum atomic E-state index is 12.4. The van der Waals surface area contributed by atoms with Gasteiger partial charge in [-0.1, -0.05) is 53.4 Å². The Kier molecular flexibility index (Phi) is 17.2. The zero-order valence-corrected chi connectivity index (χ0v) is 28.8. The van der Waals surface area contributed by atoms with E-state index in [9.17, 15) is 32.7 Å². The Morgan fingerprint density at radius 2 is 1.40 bits per heavy atom. The van der Waals surface area contributed by atoms with E-state index in [1.165, 1.54) is 120 Å². The van der Waals surface area contributed by atoms with Crippen LogP contribution in [-0.2, 0) is 24.4 Å². The molecule has 1 fully saturated rings. The van der Waals surface area contributed by atoms with E-state index in [-0.39, 0.29) is 17.0 Å². The summed E-state index contributed by atoms with van der Waals surface area (Å²) in [6.45, 7) is 17.9. The molecule has 1 heterocycles. The number of quaternary nitrogens is 1. The number of likely N-dealkylation sites (tertiary alicyclic amines) is 1. The first kappa shape index (κ1) is 39.9. The van der Waals surface area contributed by atoms with E-state index < -0.39 is 38.3 Å². The lowest BCUT2D eigenvalue weighted by molar-refractivity contribution is -0.929. The third-order valence-corrected chi connectivity index (χ3v) is 8.90. The molecule has 1 aromatic carbocycles. The average Bonchev–Trinajstić information content (AvgIpc) is 3.00. The molecule has 1 aromatic rings. The molecule has 1 saturated heterocycles. The summed E-state index contributed by atoms with van der Waals surface area (Å²) >= 11 is 0. The third kappa shape index (κ3) is 11.9. The van der Waals surface area contributed by atoms with Crippen molar-refractivity contribution < 1.29 is 36.7 Å². The summed E-state index contributed by atoms with van der Waals surface area (Å²) in [7, 11) is -3.97. The number of allylic oxidation sites excluding steroid dienone is 1. The van der Waals surface area contributed by atoms with Crippen LogP contribution in [0.5, 0.6) is 0 Å². The number of carbonyl (C=O) groups is 2. The molecule has 0 saturated carbocycles. The van der Waals surface area contributed by atoms with Gasteiger partial charge in [-0.15, -0.1) is 0 Å². The lowest BCUT2D eigenvalue weighted by atomic mass is 10.0. The van der Waals surface area contributed by atoms with Gasteiger partial charge in [0.1, 0.15) is 15.8 Å². The van der Waals surface area contributed by atoms with Crippen molar-refractivity contribution in [1.82, 2.24) is 4.90 Å². The lowest BCUT2D eigenvalue weighted by Gasteiger charge is -2.46. The van der Waals surface area contributed by atoms with Gasteiger partial charge in [0.25, 0.3) is 11.6 Å². The molecule has 0 bridgehead atoms. The van der Waals surface area contributed by atoms with Crippen LogP contribution in [0.1, 0.15) is 98.5 Å². The Labute approximate surface area is 269 Å². The number of nitro benzene ring substituents is 1. The molecule has 2 atom stereocenters. The fourth-order valence-electron chi connectivity index (χ4n) is 5.24. The van der Waals surface area contributed by atoms with Gasteiger partial charge < -0.3 is 13.8 Å². The predicted molar refractivity (Wildman–Crippen MR) is 175 cm³/mol. The SMILES string of the molecule is CCCC[N+](CCCC)(CCCC)CCCC.COC(=O)C(=C(C)C)N1C(=O)[C@H](N=Cc2ccc([N+](=O)[O-])cc2)[C@H]1S(=O)(=O)[O-]. The molecule has 45 heavy (non-hydrogen) atoms. The van der Waals surface area contributed by atoms with Crippen LogP contribution in [0.15, 0.2) is 40.5 Å². The van der Waals surface area contributed by atoms with Crippen LogP contribution in [0, 0.1) is 10.1 Å². The summed E-state index contributed by atoms with van der Waals surface area (Å²) in [5.74, 6) is -1.82. The van der Waals surface area contributed by atoms with Crippen molar-refractivity contribution in [3.8, 4) is 0 Å². The summed E-state index contributed by atoms with van der Waals surface area (Å²) in [6.07, 6.45) is 12.2. The number of ether oxygens (including phenoxy) is 1. The number of carbonyl (C=O) groups excluding carboxylic acids is 2. The quantitative estimate of drug-likeness (QED) is 0.0291. The number of methoxy groups -OCH3 is 1. The molecule has 254 valence electrons. The fraction of sp³-hybridized carbons (Fsp3) is 0.656. The predicted octanol–water partition coefficient (Wildman–Crippen LogP) is 5.57. The third-order valence-electron chi connectivity index (χ3n) is 7.84. The zero-order chi connectivity index (χ0) is 34.2. The molecule has 0 radical (unpaired) electrons. The van der Waals surface area contributed by atoms with E-state index in [1.807, 2.05) is 0 Å². The van der Waals surface area contributed by atoms with Crippen molar-refractivity contribution in [2.45, 2.75) is 104 Å². The maximum absolute atomic E-state index is 12.4. The molecule has 0 spiro atoms. The number of esters is 1. The molecule has 1 aliphatic rings. The van der Waals surface area contributed by atoms with Gasteiger partial charge >= 0.3 is 5.97 Å². The molecule has 2 rings (SSSR count). The van der Waals surface area contributed by atoms with Crippen molar-refractivity contribution >= 4 is 33.9 Å². The Bertz CT molecular complexity index is 1240. The highest BCUT2D eigenvalue weighted by molar-refractivity contribution is 7.86. The van der Waals surface area contributed by atoms with E-state index in [0.29, 0.717) is 10.5 Å². The number of benzene rings is 1. The van der Waals surface area contributed by atoms with Crippen LogP contribution in [-0.4, -0.2) is 90.1 Å². The van der Waals surface area contributed by atoms with E-state index >= 15 is 0 Å². The first-order chi connectivity index (χ1) is 21.2. The smallest absolute Gasteiger partial charge is 0.354 e. The number of aliphatic imine (C=N–C) groups is 1. The highest BCUT2D eigenvalue weighted by atomic mass is 32.2. The topological polar surface area (TPSA) is 159 Å². The fourth-order valence-corrected chi connectivity index (χ4v) is 6.21. The van der Waals surface area contributed by atoms with Crippen molar-refractivity contribution in [2.24, 2.45) is 4.99 Å². The molecular formula is C32H52N4O8S. The highest BCUT2D eigenvalue weighted by Crippen LogP contribution is 2.33. The second-order valence-corrected chi connectivity index (χ2v) is 13.1. The van der Waals surface area contributed by atoms with E-state index in [2.05, 4.69) is 37.4 Å². The molecule has 12 nitrogen and oxygen atoms in total. The second-order valence-electron chi connectivity index (χ2n) is 11.7. The van der Waals surface area contributed by atoms with Crippen molar-refractivity contribution in [1.29, 1.82) is 0 Å². The number of β-lactam (4-membered cyclic amide) rings is 1. The van der Waals surface area contributed by atoms with Crippen LogP contribution in [0.3, 0.4) is 0 Å². The minimum absolute atomic E-state index is 0.158. The number of non-ortho nitro benzene ring substituents is 1. The summed E-state index contributed by atoms with van der Waals surface area (Å²) in [5, 5.41) is 8.74. The van der Waals surface area contributed by atoms with Gasteiger partial charge in [-0.05, 0) is 62.8 Å². The number of hydrogen-bond acceptors (Lipinski definition) is 9. The number of nitrogens with zero attached hydrogens (tertiary/aromatic N) is 4. The summed E-state index contributed by atoms with van der Waals surface area (Å²) in [6, 6.07) is 3.56. The maximum Gasteiger partial charge on any atom is 0.354 e.